The fourth-order valence-corrected chi connectivity index (χ4v) is 2.16. The van der Waals surface area contributed by atoms with Gasteiger partial charge in [-0.3, -0.25) is 4.98 Å². The number of aryl methyl sites for hydroxylation is 1. The first kappa shape index (κ1) is 13.6. The number of ether oxygens (including phenoxy) is 1. The Hall–Kier alpha value is -1.87. The van der Waals surface area contributed by atoms with Crippen LogP contribution in [0.5, 0.6) is 5.75 Å². The van der Waals surface area contributed by atoms with Gasteiger partial charge in [0.25, 0.3) is 0 Å². The molecule has 0 amide bonds. The number of pyridine rings is 1. The summed E-state index contributed by atoms with van der Waals surface area (Å²) in [6.07, 6.45) is 3.68. The molecular formula is C16H19NO2. The van der Waals surface area contributed by atoms with E-state index in [1.54, 1.807) is 6.20 Å². The van der Waals surface area contributed by atoms with Crippen molar-refractivity contribution < 1.29 is 9.84 Å². The smallest absolute Gasteiger partial charge is 0.125 e. The summed E-state index contributed by atoms with van der Waals surface area (Å²) in [4.78, 5) is 4.11. The minimum Gasteiger partial charge on any atom is -0.493 e. The number of para-hydroxylation sites is 1. The number of hydrogen-bond donors (Lipinski definition) is 1. The molecule has 0 aliphatic heterocycles. The van der Waals surface area contributed by atoms with E-state index < -0.39 is 6.10 Å². The normalized spacial score (nSPS) is 12.2. The third-order valence-corrected chi connectivity index (χ3v) is 3.13. The summed E-state index contributed by atoms with van der Waals surface area (Å²) >= 11 is 0. The van der Waals surface area contributed by atoms with Gasteiger partial charge in [0.1, 0.15) is 11.9 Å². The lowest BCUT2D eigenvalue weighted by molar-refractivity contribution is 0.211. The molecule has 0 aliphatic rings. The summed E-state index contributed by atoms with van der Waals surface area (Å²) in [5.74, 6) is 0.733. The number of aliphatic hydroxyl groups is 1. The highest BCUT2D eigenvalue weighted by molar-refractivity contribution is 5.42. The van der Waals surface area contributed by atoms with Crippen molar-refractivity contribution in [1.29, 1.82) is 0 Å². The standard InChI is InChI=1S/C16H19NO2/c1-3-12-11-17-10-9-13(12)16(18)14-7-5-6-8-15(14)19-4-2/h5-11,16,18H,3-4H2,1-2H3. The average molecular weight is 257 g/mol. The van der Waals surface area contributed by atoms with Gasteiger partial charge in [0.2, 0.25) is 0 Å². The van der Waals surface area contributed by atoms with Gasteiger partial charge in [-0.1, -0.05) is 25.1 Å². The Labute approximate surface area is 113 Å². The third-order valence-electron chi connectivity index (χ3n) is 3.13. The van der Waals surface area contributed by atoms with E-state index in [9.17, 15) is 5.11 Å². The van der Waals surface area contributed by atoms with Gasteiger partial charge >= 0.3 is 0 Å². The van der Waals surface area contributed by atoms with Crippen molar-refractivity contribution >= 4 is 0 Å². The number of nitrogens with zero attached hydrogens (tertiary/aromatic N) is 1. The molecule has 19 heavy (non-hydrogen) atoms. The van der Waals surface area contributed by atoms with Gasteiger partial charge in [0, 0.05) is 18.0 Å². The molecule has 3 nitrogen and oxygen atoms in total. The van der Waals surface area contributed by atoms with Crippen LogP contribution < -0.4 is 4.74 Å². The van der Waals surface area contributed by atoms with E-state index in [0.717, 1.165) is 28.9 Å². The van der Waals surface area contributed by atoms with Gasteiger partial charge in [-0.15, -0.1) is 0 Å². The van der Waals surface area contributed by atoms with E-state index >= 15 is 0 Å². The van der Waals surface area contributed by atoms with Crippen molar-refractivity contribution in [2.24, 2.45) is 0 Å². The van der Waals surface area contributed by atoms with Crippen molar-refractivity contribution in [3.8, 4) is 5.75 Å². The number of aromatic nitrogens is 1. The monoisotopic (exact) mass is 257 g/mol. The molecule has 2 rings (SSSR count). The van der Waals surface area contributed by atoms with Gasteiger partial charge < -0.3 is 9.84 Å². The Morgan fingerprint density at radius 1 is 1.16 bits per heavy atom. The Morgan fingerprint density at radius 3 is 2.68 bits per heavy atom. The van der Waals surface area contributed by atoms with Crippen LogP contribution in [0.3, 0.4) is 0 Å². The predicted molar refractivity (Wildman–Crippen MR) is 75.3 cm³/mol. The van der Waals surface area contributed by atoms with Crippen molar-refractivity contribution in [3.05, 3.63) is 59.4 Å². The molecule has 3 heteroatoms. The molecule has 0 radical (unpaired) electrons. The first-order valence-corrected chi connectivity index (χ1v) is 6.60. The molecule has 1 N–H and O–H groups in total. The average Bonchev–Trinajstić information content (AvgIpc) is 2.47. The minimum absolute atomic E-state index is 0.584. The molecule has 1 unspecified atom stereocenters. The van der Waals surface area contributed by atoms with E-state index in [1.165, 1.54) is 0 Å². The van der Waals surface area contributed by atoms with Crippen LogP contribution in [-0.2, 0) is 6.42 Å². The van der Waals surface area contributed by atoms with Crippen LogP contribution in [0, 0.1) is 0 Å². The largest absolute Gasteiger partial charge is 0.493 e. The topological polar surface area (TPSA) is 42.4 Å². The summed E-state index contributed by atoms with van der Waals surface area (Å²) in [6, 6.07) is 9.47. The summed E-state index contributed by atoms with van der Waals surface area (Å²) in [5.41, 5.74) is 2.75. The Balaban J connectivity index is 2.41. The van der Waals surface area contributed by atoms with Crippen LogP contribution in [0.25, 0.3) is 0 Å². The zero-order chi connectivity index (χ0) is 13.7. The van der Waals surface area contributed by atoms with Gasteiger partial charge in [-0.2, -0.15) is 0 Å². The molecule has 2 aromatic rings. The van der Waals surface area contributed by atoms with Crippen LogP contribution in [0.2, 0.25) is 0 Å². The van der Waals surface area contributed by atoms with Crippen LogP contribution in [0.4, 0.5) is 0 Å². The lowest BCUT2D eigenvalue weighted by Crippen LogP contribution is -2.06. The second-order valence-electron chi connectivity index (χ2n) is 4.30. The lowest BCUT2D eigenvalue weighted by atomic mass is 9.96. The van der Waals surface area contributed by atoms with E-state index in [4.69, 9.17) is 4.74 Å². The first-order valence-electron chi connectivity index (χ1n) is 6.60. The molecule has 1 heterocycles. The maximum atomic E-state index is 10.6. The number of benzene rings is 1. The second kappa shape index (κ2) is 6.34. The fraction of sp³-hybridized carbons (Fsp3) is 0.312. The van der Waals surface area contributed by atoms with Crippen molar-refractivity contribution in [3.63, 3.8) is 0 Å². The fourth-order valence-electron chi connectivity index (χ4n) is 2.16. The maximum Gasteiger partial charge on any atom is 0.125 e. The SMILES string of the molecule is CCOc1ccccc1C(O)c1ccncc1CC. The molecule has 0 saturated carbocycles. The molecule has 0 saturated heterocycles. The van der Waals surface area contributed by atoms with Gasteiger partial charge in [-0.25, -0.2) is 0 Å². The van der Waals surface area contributed by atoms with Crippen LogP contribution in [-0.4, -0.2) is 16.7 Å². The first-order chi connectivity index (χ1) is 9.27. The summed E-state index contributed by atoms with van der Waals surface area (Å²) in [7, 11) is 0. The number of rotatable bonds is 5. The molecule has 1 aromatic heterocycles. The molecule has 0 spiro atoms. The predicted octanol–water partition coefficient (Wildman–Crippen LogP) is 3.12. The molecule has 1 atom stereocenters. The van der Waals surface area contributed by atoms with Crippen molar-refractivity contribution in [2.75, 3.05) is 6.61 Å². The van der Waals surface area contributed by atoms with Gasteiger partial charge in [0.05, 0.1) is 6.61 Å². The van der Waals surface area contributed by atoms with E-state index in [2.05, 4.69) is 11.9 Å². The van der Waals surface area contributed by atoms with Crippen LogP contribution in [0.15, 0.2) is 42.7 Å². The lowest BCUT2D eigenvalue weighted by Gasteiger charge is -2.18. The Kier molecular flexibility index (Phi) is 4.53. The maximum absolute atomic E-state index is 10.6. The van der Waals surface area contributed by atoms with Crippen LogP contribution >= 0.6 is 0 Å². The number of hydrogen-bond acceptors (Lipinski definition) is 3. The van der Waals surface area contributed by atoms with E-state index in [-0.39, 0.29) is 0 Å². The third kappa shape index (κ3) is 2.93. The van der Waals surface area contributed by atoms with Crippen LogP contribution in [0.1, 0.15) is 36.6 Å². The summed E-state index contributed by atoms with van der Waals surface area (Å²) in [6.45, 7) is 4.58. The van der Waals surface area contributed by atoms with E-state index in [1.807, 2.05) is 43.5 Å². The quantitative estimate of drug-likeness (QED) is 0.894. The van der Waals surface area contributed by atoms with Gasteiger partial charge in [-0.05, 0) is 36.6 Å². The highest BCUT2D eigenvalue weighted by atomic mass is 16.5. The Bertz CT molecular complexity index is 540. The molecule has 0 aliphatic carbocycles. The summed E-state index contributed by atoms with van der Waals surface area (Å²) < 4.78 is 5.58. The molecule has 100 valence electrons. The minimum atomic E-state index is -0.680. The van der Waals surface area contributed by atoms with E-state index in [0.29, 0.717) is 6.61 Å². The molecular weight excluding hydrogens is 238 g/mol. The number of aliphatic hydroxyl groups excluding tert-OH is 1. The highest BCUT2D eigenvalue weighted by Gasteiger charge is 2.17. The molecule has 0 fully saturated rings. The zero-order valence-electron chi connectivity index (χ0n) is 11.3. The summed E-state index contributed by atoms with van der Waals surface area (Å²) in [5, 5.41) is 10.6. The molecule has 1 aromatic carbocycles. The highest BCUT2D eigenvalue weighted by Crippen LogP contribution is 2.31. The second-order valence-corrected chi connectivity index (χ2v) is 4.30. The molecule has 0 bridgehead atoms. The zero-order valence-corrected chi connectivity index (χ0v) is 11.3. The van der Waals surface area contributed by atoms with Crippen molar-refractivity contribution in [2.45, 2.75) is 26.4 Å². The van der Waals surface area contributed by atoms with Crippen molar-refractivity contribution in [1.82, 2.24) is 4.98 Å². The Morgan fingerprint density at radius 2 is 1.95 bits per heavy atom. The van der Waals surface area contributed by atoms with Gasteiger partial charge in [0.15, 0.2) is 0 Å².